The van der Waals surface area contributed by atoms with E-state index in [9.17, 15) is 4.79 Å². The van der Waals surface area contributed by atoms with Crippen LogP contribution in [-0.2, 0) is 0 Å². The van der Waals surface area contributed by atoms with Crippen LogP contribution in [0.2, 0.25) is 5.02 Å². The number of fused-ring (bicyclic) bond motifs is 1. The lowest BCUT2D eigenvalue weighted by atomic mass is 9.92. The highest BCUT2D eigenvalue weighted by atomic mass is 35.5. The molecule has 1 N–H and O–H groups in total. The Balaban J connectivity index is 1.72. The van der Waals surface area contributed by atoms with E-state index in [-0.39, 0.29) is 5.91 Å². The van der Waals surface area contributed by atoms with Crippen LogP contribution in [0, 0.1) is 11.8 Å². The molecule has 1 aromatic heterocycles. The zero-order valence-corrected chi connectivity index (χ0v) is 11.4. The van der Waals surface area contributed by atoms with E-state index >= 15 is 0 Å². The summed E-state index contributed by atoms with van der Waals surface area (Å²) in [7, 11) is 0. The van der Waals surface area contributed by atoms with E-state index in [2.05, 4.69) is 15.3 Å². The van der Waals surface area contributed by atoms with Gasteiger partial charge in [-0.2, -0.15) is 0 Å². The quantitative estimate of drug-likeness (QED) is 0.840. The van der Waals surface area contributed by atoms with Gasteiger partial charge in [-0.05, 0) is 37.8 Å². The third kappa shape index (κ3) is 2.58. The Labute approximate surface area is 117 Å². The van der Waals surface area contributed by atoms with Crippen molar-refractivity contribution in [2.24, 2.45) is 11.8 Å². The van der Waals surface area contributed by atoms with Gasteiger partial charge < -0.3 is 10.2 Å². The van der Waals surface area contributed by atoms with Gasteiger partial charge in [-0.15, -0.1) is 0 Å². The molecule has 6 heteroatoms. The topological polar surface area (TPSA) is 58.1 Å². The number of nitrogens with one attached hydrogen (secondary N) is 1. The predicted octanol–water partition coefficient (Wildman–Crippen LogP) is 1.20. The standard InChI is InChI=1S/C13H17ClN4O/c14-11-7-16-8-17-12(11)13(19)18-3-1-9-5-15-6-10(9)2-4-18/h7-10,15H,1-6H2/t9-,10+. The average Bonchev–Trinajstić information content (AvgIpc) is 2.78. The smallest absolute Gasteiger partial charge is 0.274 e. The maximum atomic E-state index is 12.4. The normalized spacial score (nSPS) is 26.9. The molecule has 2 saturated heterocycles. The van der Waals surface area contributed by atoms with Crippen molar-refractivity contribution in [3.63, 3.8) is 0 Å². The number of carbonyl (C=O) groups is 1. The van der Waals surface area contributed by atoms with Crippen LogP contribution in [-0.4, -0.2) is 47.0 Å². The Kier molecular flexibility index (Phi) is 3.66. The first-order valence-electron chi connectivity index (χ1n) is 6.71. The minimum atomic E-state index is -0.0691. The molecule has 3 rings (SSSR count). The third-order valence-corrected chi connectivity index (χ3v) is 4.45. The molecule has 0 aromatic carbocycles. The summed E-state index contributed by atoms with van der Waals surface area (Å²) in [4.78, 5) is 22.1. The zero-order valence-electron chi connectivity index (χ0n) is 10.7. The third-order valence-electron chi connectivity index (χ3n) is 4.18. The fraction of sp³-hybridized carbons (Fsp3) is 0.615. The van der Waals surface area contributed by atoms with Crippen molar-refractivity contribution in [2.75, 3.05) is 26.2 Å². The molecular formula is C13H17ClN4O. The average molecular weight is 281 g/mol. The van der Waals surface area contributed by atoms with Crippen LogP contribution in [0.15, 0.2) is 12.5 Å². The monoisotopic (exact) mass is 280 g/mol. The van der Waals surface area contributed by atoms with E-state index in [1.807, 2.05) is 4.90 Å². The van der Waals surface area contributed by atoms with Crippen LogP contribution in [0.25, 0.3) is 0 Å². The van der Waals surface area contributed by atoms with Gasteiger partial charge in [-0.25, -0.2) is 9.97 Å². The molecule has 2 aliphatic rings. The van der Waals surface area contributed by atoms with Crippen molar-refractivity contribution in [1.82, 2.24) is 20.2 Å². The number of amides is 1. The first kappa shape index (κ1) is 12.8. The van der Waals surface area contributed by atoms with Crippen molar-refractivity contribution < 1.29 is 4.79 Å². The lowest BCUT2D eigenvalue weighted by Crippen LogP contribution is -2.33. The molecule has 2 atom stereocenters. The summed E-state index contributed by atoms with van der Waals surface area (Å²) in [5, 5.41) is 3.76. The van der Waals surface area contributed by atoms with Crippen molar-refractivity contribution in [3.8, 4) is 0 Å². The summed E-state index contributed by atoms with van der Waals surface area (Å²) in [6.45, 7) is 3.76. The molecule has 0 unspecified atom stereocenters. The molecule has 3 heterocycles. The highest BCUT2D eigenvalue weighted by molar-refractivity contribution is 6.33. The first-order chi connectivity index (χ1) is 9.25. The number of aromatic nitrogens is 2. The molecule has 2 aliphatic heterocycles. The van der Waals surface area contributed by atoms with E-state index in [0.29, 0.717) is 22.6 Å². The molecule has 2 fully saturated rings. The molecule has 102 valence electrons. The molecule has 19 heavy (non-hydrogen) atoms. The molecule has 0 aliphatic carbocycles. The van der Waals surface area contributed by atoms with E-state index in [1.54, 1.807) is 0 Å². The van der Waals surface area contributed by atoms with Gasteiger partial charge >= 0.3 is 0 Å². The summed E-state index contributed by atoms with van der Waals surface area (Å²) in [6, 6.07) is 0. The first-order valence-corrected chi connectivity index (χ1v) is 7.09. The number of hydrogen-bond donors (Lipinski definition) is 1. The minimum Gasteiger partial charge on any atom is -0.337 e. The molecule has 0 radical (unpaired) electrons. The molecule has 5 nitrogen and oxygen atoms in total. The van der Waals surface area contributed by atoms with Gasteiger partial charge in [-0.1, -0.05) is 11.6 Å². The largest absolute Gasteiger partial charge is 0.337 e. The summed E-state index contributed by atoms with van der Waals surface area (Å²) in [5.41, 5.74) is 0.321. The van der Waals surface area contributed by atoms with Crippen LogP contribution >= 0.6 is 11.6 Å². The van der Waals surface area contributed by atoms with Crippen molar-refractivity contribution >= 4 is 17.5 Å². The lowest BCUT2D eigenvalue weighted by Gasteiger charge is -2.20. The van der Waals surface area contributed by atoms with Crippen LogP contribution in [0.5, 0.6) is 0 Å². The zero-order chi connectivity index (χ0) is 13.2. The summed E-state index contributed by atoms with van der Waals surface area (Å²) in [6.07, 6.45) is 4.96. The summed E-state index contributed by atoms with van der Waals surface area (Å²) >= 11 is 5.99. The summed E-state index contributed by atoms with van der Waals surface area (Å²) < 4.78 is 0. The number of likely N-dealkylation sites (tertiary alicyclic amines) is 1. The van der Waals surface area contributed by atoms with Crippen LogP contribution in [0.3, 0.4) is 0 Å². The Morgan fingerprint density at radius 1 is 1.32 bits per heavy atom. The highest BCUT2D eigenvalue weighted by Crippen LogP contribution is 2.28. The molecule has 0 bridgehead atoms. The van der Waals surface area contributed by atoms with E-state index < -0.39 is 0 Å². The maximum absolute atomic E-state index is 12.4. The number of carbonyl (C=O) groups excluding carboxylic acids is 1. The lowest BCUT2D eigenvalue weighted by molar-refractivity contribution is 0.0752. The van der Waals surface area contributed by atoms with Crippen molar-refractivity contribution in [2.45, 2.75) is 12.8 Å². The van der Waals surface area contributed by atoms with E-state index in [4.69, 9.17) is 11.6 Å². The van der Waals surface area contributed by atoms with Gasteiger partial charge in [0.05, 0.1) is 5.02 Å². The SMILES string of the molecule is O=C(c1ncncc1Cl)N1CC[C@@H]2CNC[C@@H]2CC1. The van der Waals surface area contributed by atoms with Gasteiger partial charge in [0, 0.05) is 19.3 Å². The second-order valence-corrected chi connectivity index (χ2v) is 5.67. The Hall–Kier alpha value is -1.20. The molecule has 0 saturated carbocycles. The number of halogens is 1. The van der Waals surface area contributed by atoms with Crippen LogP contribution < -0.4 is 5.32 Å². The van der Waals surface area contributed by atoms with Gasteiger partial charge in [-0.3, -0.25) is 4.79 Å². The second kappa shape index (κ2) is 5.43. The van der Waals surface area contributed by atoms with Crippen LogP contribution in [0.1, 0.15) is 23.3 Å². The van der Waals surface area contributed by atoms with Gasteiger partial charge in [0.2, 0.25) is 0 Å². The fourth-order valence-electron chi connectivity index (χ4n) is 3.04. The van der Waals surface area contributed by atoms with Crippen molar-refractivity contribution in [3.05, 3.63) is 23.2 Å². The fourth-order valence-corrected chi connectivity index (χ4v) is 3.23. The maximum Gasteiger partial charge on any atom is 0.274 e. The molecule has 1 amide bonds. The van der Waals surface area contributed by atoms with Gasteiger partial charge in [0.15, 0.2) is 0 Å². The van der Waals surface area contributed by atoms with Gasteiger partial charge in [0.25, 0.3) is 5.91 Å². The number of nitrogens with zero attached hydrogens (tertiary/aromatic N) is 3. The van der Waals surface area contributed by atoms with E-state index in [1.165, 1.54) is 12.5 Å². The van der Waals surface area contributed by atoms with Gasteiger partial charge in [0.1, 0.15) is 12.0 Å². The van der Waals surface area contributed by atoms with Crippen LogP contribution in [0.4, 0.5) is 0 Å². The predicted molar refractivity (Wildman–Crippen MR) is 72.0 cm³/mol. The second-order valence-electron chi connectivity index (χ2n) is 5.27. The molecule has 1 aromatic rings. The molecular weight excluding hydrogens is 264 g/mol. The summed E-state index contributed by atoms with van der Waals surface area (Å²) in [5.74, 6) is 1.35. The van der Waals surface area contributed by atoms with E-state index in [0.717, 1.165) is 39.0 Å². The Bertz CT molecular complexity index is 467. The van der Waals surface area contributed by atoms with Crippen molar-refractivity contribution in [1.29, 1.82) is 0 Å². The highest BCUT2D eigenvalue weighted by Gasteiger charge is 2.32. The minimum absolute atomic E-state index is 0.0691. The number of hydrogen-bond acceptors (Lipinski definition) is 4. The molecule has 0 spiro atoms. The Morgan fingerprint density at radius 2 is 2.00 bits per heavy atom. The number of rotatable bonds is 1. The Morgan fingerprint density at radius 3 is 2.63 bits per heavy atom.